The maximum atomic E-state index is 12.0. The van der Waals surface area contributed by atoms with Gasteiger partial charge in [0.1, 0.15) is 5.75 Å². The van der Waals surface area contributed by atoms with Crippen LogP contribution in [0.1, 0.15) is 18.4 Å². The molecule has 3 aromatic rings. The molecular weight excluding hydrogens is 306 g/mol. The highest BCUT2D eigenvalue weighted by Gasteiger charge is 2.05. The van der Waals surface area contributed by atoms with Gasteiger partial charge < -0.3 is 20.0 Å². The van der Waals surface area contributed by atoms with Crippen molar-refractivity contribution in [3.63, 3.8) is 0 Å². The number of hydrogen-bond donors (Lipinski definition) is 3. The molecule has 0 bridgehead atoms. The highest BCUT2D eigenvalue weighted by atomic mass is 16.5. The molecule has 0 radical (unpaired) electrons. The van der Waals surface area contributed by atoms with Gasteiger partial charge >= 0.3 is 5.69 Å². The summed E-state index contributed by atoms with van der Waals surface area (Å²) >= 11 is 0. The Morgan fingerprint density at radius 2 is 1.83 bits per heavy atom. The third-order valence-corrected chi connectivity index (χ3v) is 3.64. The van der Waals surface area contributed by atoms with Crippen molar-refractivity contribution < 1.29 is 9.53 Å². The van der Waals surface area contributed by atoms with Crippen molar-refractivity contribution in [3.05, 3.63) is 58.5 Å². The number of hydrogen-bond acceptors (Lipinski definition) is 3. The number of imidazole rings is 1. The SMILES string of the molecule is Cc1ccc(OCCCC(=O)Nc2ccc3[nH]c(=O)[nH]c3c2)cc1. The number of ether oxygens (including phenoxy) is 1. The number of nitrogens with one attached hydrogen (secondary N) is 3. The lowest BCUT2D eigenvalue weighted by Gasteiger charge is -2.07. The Labute approximate surface area is 138 Å². The van der Waals surface area contributed by atoms with Crippen LogP contribution in [0.15, 0.2) is 47.3 Å². The standard InChI is InChI=1S/C18H19N3O3/c1-12-4-7-14(8-5-12)24-10-2-3-17(22)19-13-6-9-15-16(11-13)21-18(23)20-15/h4-9,11H,2-3,10H2,1H3,(H,19,22)(H2,20,21,23). The predicted molar refractivity (Wildman–Crippen MR) is 93.5 cm³/mol. The average molecular weight is 325 g/mol. The maximum absolute atomic E-state index is 12.0. The van der Waals surface area contributed by atoms with Gasteiger partial charge in [0.2, 0.25) is 5.91 Å². The van der Waals surface area contributed by atoms with E-state index in [0.29, 0.717) is 36.2 Å². The average Bonchev–Trinajstić information content (AvgIpc) is 2.92. The molecule has 0 aliphatic carbocycles. The molecule has 124 valence electrons. The van der Waals surface area contributed by atoms with Crippen LogP contribution in [-0.2, 0) is 4.79 Å². The van der Waals surface area contributed by atoms with Crippen LogP contribution < -0.4 is 15.7 Å². The van der Waals surface area contributed by atoms with Crippen molar-refractivity contribution in [2.75, 3.05) is 11.9 Å². The first-order chi connectivity index (χ1) is 11.6. The van der Waals surface area contributed by atoms with E-state index in [9.17, 15) is 9.59 Å². The van der Waals surface area contributed by atoms with E-state index in [1.807, 2.05) is 31.2 Å². The second kappa shape index (κ2) is 7.04. The highest BCUT2D eigenvalue weighted by molar-refractivity contribution is 5.92. The van der Waals surface area contributed by atoms with Crippen LogP contribution in [0.25, 0.3) is 11.0 Å². The lowest BCUT2D eigenvalue weighted by molar-refractivity contribution is -0.116. The number of carbonyl (C=O) groups excluding carboxylic acids is 1. The molecule has 6 nitrogen and oxygen atoms in total. The van der Waals surface area contributed by atoms with E-state index in [0.717, 1.165) is 5.75 Å². The fourth-order valence-corrected chi connectivity index (χ4v) is 2.39. The Hall–Kier alpha value is -3.02. The number of fused-ring (bicyclic) bond motifs is 1. The molecule has 24 heavy (non-hydrogen) atoms. The largest absolute Gasteiger partial charge is 0.494 e. The van der Waals surface area contributed by atoms with Gasteiger partial charge in [0.15, 0.2) is 0 Å². The summed E-state index contributed by atoms with van der Waals surface area (Å²) < 4.78 is 5.60. The quantitative estimate of drug-likeness (QED) is 0.609. The number of anilines is 1. The normalized spacial score (nSPS) is 10.7. The third-order valence-electron chi connectivity index (χ3n) is 3.64. The lowest BCUT2D eigenvalue weighted by Crippen LogP contribution is -2.12. The summed E-state index contributed by atoms with van der Waals surface area (Å²) in [6.07, 6.45) is 0.997. The molecule has 0 fully saturated rings. The van der Waals surface area contributed by atoms with E-state index in [-0.39, 0.29) is 11.6 Å². The molecule has 0 saturated heterocycles. The van der Waals surface area contributed by atoms with Gasteiger partial charge in [0.25, 0.3) is 0 Å². The number of aromatic nitrogens is 2. The molecule has 3 N–H and O–H groups in total. The zero-order valence-corrected chi connectivity index (χ0v) is 13.4. The van der Waals surface area contributed by atoms with Gasteiger partial charge in [-0.25, -0.2) is 4.79 Å². The smallest absolute Gasteiger partial charge is 0.323 e. The lowest BCUT2D eigenvalue weighted by atomic mass is 10.2. The van der Waals surface area contributed by atoms with Crippen molar-refractivity contribution in [1.29, 1.82) is 0 Å². The number of benzene rings is 2. The maximum Gasteiger partial charge on any atom is 0.323 e. The topological polar surface area (TPSA) is 87.0 Å². The molecule has 0 spiro atoms. The van der Waals surface area contributed by atoms with Gasteiger partial charge in [0.05, 0.1) is 17.6 Å². The molecule has 1 amide bonds. The predicted octanol–water partition coefficient (Wildman–Crippen LogP) is 2.96. The van der Waals surface area contributed by atoms with Gasteiger partial charge in [0, 0.05) is 12.1 Å². The van der Waals surface area contributed by atoms with Crippen LogP contribution in [0.2, 0.25) is 0 Å². The minimum Gasteiger partial charge on any atom is -0.494 e. The van der Waals surface area contributed by atoms with Gasteiger partial charge in [-0.3, -0.25) is 4.79 Å². The molecule has 3 rings (SSSR count). The van der Waals surface area contributed by atoms with Crippen LogP contribution in [0.4, 0.5) is 5.69 Å². The molecule has 2 aromatic carbocycles. The highest BCUT2D eigenvalue weighted by Crippen LogP contribution is 2.15. The Kier molecular flexibility index (Phi) is 4.65. The fraction of sp³-hybridized carbons (Fsp3) is 0.222. The van der Waals surface area contributed by atoms with Crippen molar-refractivity contribution in [1.82, 2.24) is 9.97 Å². The van der Waals surface area contributed by atoms with Crippen molar-refractivity contribution in [3.8, 4) is 5.75 Å². The number of H-pyrrole nitrogens is 2. The monoisotopic (exact) mass is 325 g/mol. The van der Waals surface area contributed by atoms with Gasteiger partial charge in [-0.2, -0.15) is 0 Å². The molecular formula is C18H19N3O3. The van der Waals surface area contributed by atoms with Crippen LogP contribution in [0.3, 0.4) is 0 Å². The Morgan fingerprint density at radius 3 is 2.62 bits per heavy atom. The van der Waals surface area contributed by atoms with E-state index in [1.165, 1.54) is 5.56 Å². The first kappa shape index (κ1) is 15.9. The Balaban J connectivity index is 1.46. The second-order valence-corrected chi connectivity index (χ2v) is 5.65. The molecule has 0 aliphatic heterocycles. The molecule has 0 atom stereocenters. The van der Waals surface area contributed by atoms with Crippen LogP contribution in [-0.4, -0.2) is 22.5 Å². The number of aryl methyl sites for hydroxylation is 1. The van der Waals surface area contributed by atoms with E-state index >= 15 is 0 Å². The first-order valence-electron chi connectivity index (χ1n) is 7.81. The first-order valence-corrected chi connectivity index (χ1v) is 7.81. The summed E-state index contributed by atoms with van der Waals surface area (Å²) in [6.45, 7) is 2.51. The van der Waals surface area contributed by atoms with Gasteiger partial charge in [-0.1, -0.05) is 17.7 Å². The summed E-state index contributed by atoms with van der Waals surface area (Å²) in [4.78, 5) is 28.5. The van der Waals surface area contributed by atoms with Crippen LogP contribution in [0, 0.1) is 6.92 Å². The van der Waals surface area contributed by atoms with Crippen LogP contribution in [0.5, 0.6) is 5.75 Å². The minimum absolute atomic E-state index is 0.0836. The van der Waals surface area contributed by atoms with E-state index < -0.39 is 0 Å². The summed E-state index contributed by atoms with van der Waals surface area (Å²) in [5.74, 6) is 0.725. The summed E-state index contributed by atoms with van der Waals surface area (Å²) in [5.41, 5.74) is 2.95. The van der Waals surface area contributed by atoms with E-state index in [1.54, 1.807) is 18.2 Å². The Bertz CT molecular complexity index is 894. The minimum atomic E-state index is -0.262. The Morgan fingerprint density at radius 1 is 1.08 bits per heavy atom. The summed E-state index contributed by atoms with van der Waals surface area (Å²) in [5, 5.41) is 2.82. The molecule has 6 heteroatoms. The molecule has 1 aromatic heterocycles. The zero-order valence-electron chi connectivity index (χ0n) is 13.4. The van der Waals surface area contributed by atoms with Crippen molar-refractivity contribution >= 4 is 22.6 Å². The second-order valence-electron chi connectivity index (χ2n) is 5.65. The molecule has 1 heterocycles. The van der Waals surface area contributed by atoms with Gasteiger partial charge in [-0.05, 0) is 43.7 Å². The summed E-state index contributed by atoms with van der Waals surface area (Å²) in [7, 11) is 0. The zero-order chi connectivity index (χ0) is 16.9. The summed E-state index contributed by atoms with van der Waals surface area (Å²) in [6, 6.07) is 13.1. The third kappa shape index (κ3) is 4.04. The molecule has 0 unspecified atom stereocenters. The number of aromatic amines is 2. The van der Waals surface area contributed by atoms with Gasteiger partial charge in [-0.15, -0.1) is 0 Å². The fourth-order valence-electron chi connectivity index (χ4n) is 2.39. The number of rotatable bonds is 6. The van der Waals surface area contributed by atoms with Crippen molar-refractivity contribution in [2.45, 2.75) is 19.8 Å². The van der Waals surface area contributed by atoms with E-state index in [2.05, 4.69) is 15.3 Å². The van der Waals surface area contributed by atoms with Crippen LogP contribution >= 0.6 is 0 Å². The van der Waals surface area contributed by atoms with E-state index in [4.69, 9.17) is 4.74 Å². The van der Waals surface area contributed by atoms with Crippen molar-refractivity contribution in [2.24, 2.45) is 0 Å². The molecule has 0 aliphatic rings. The number of amides is 1. The molecule has 0 saturated carbocycles. The number of carbonyl (C=O) groups is 1.